The molecule has 4 rings (SSSR count). The SMILES string of the molecule is O=C(Nc1ccc(S(=O)(=O)Nc2ccccc2)cc1)c1ccc(-c2ccccc2)cc1. The van der Waals surface area contributed by atoms with Gasteiger partial charge in [0.2, 0.25) is 0 Å². The minimum Gasteiger partial charge on any atom is -0.322 e. The molecule has 0 atom stereocenters. The van der Waals surface area contributed by atoms with Gasteiger partial charge in [-0.2, -0.15) is 0 Å². The maximum absolute atomic E-state index is 12.5. The van der Waals surface area contributed by atoms with Crippen LogP contribution in [0, 0.1) is 0 Å². The topological polar surface area (TPSA) is 75.3 Å². The van der Waals surface area contributed by atoms with E-state index in [2.05, 4.69) is 10.0 Å². The first-order chi connectivity index (χ1) is 15.0. The average molecular weight is 429 g/mol. The van der Waals surface area contributed by atoms with Gasteiger partial charge in [0.1, 0.15) is 0 Å². The highest BCUT2D eigenvalue weighted by Crippen LogP contribution is 2.21. The van der Waals surface area contributed by atoms with Crippen LogP contribution in [0.2, 0.25) is 0 Å². The first-order valence-electron chi connectivity index (χ1n) is 9.66. The Morgan fingerprint density at radius 1 is 0.581 bits per heavy atom. The van der Waals surface area contributed by atoms with Crippen LogP contribution in [0.5, 0.6) is 0 Å². The zero-order valence-electron chi connectivity index (χ0n) is 16.5. The number of hydrogen-bond acceptors (Lipinski definition) is 3. The van der Waals surface area contributed by atoms with Gasteiger partial charge in [-0.25, -0.2) is 8.42 Å². The highest BCUT2D eigenvalue weighted by Gasteiger charge is 2.14. The van der Waals surface area contributed by atoms with Crippen LogP contribution in [-0.4, -0.2) is 14.3 Å². The molecule has 2 N–H and O–H groups in total. The van der Waals surface area contributed by atoms with E-state index in [9.17, 15) is 13.2 Å². The molecule has 31 heavy (non-hydrogen) atoms. The maximum atomic E-state index is 12.5. The van der Waals surface area contributed by atoms with Crippen molar-refractivity contribution in [2.24, 2.45) is 0 Å². The van der Waals surface area contributed by atoms with Gasteiger partial charge in [0.25, 0.3) is 15.9 Å². The van der Waals surface area contributed by atoms with Gasteiger partial charge in [-0.1, -0.05) is 60.7 Å². The summed E-state index contributed by atoms with van der Waals surface area (Å²) in [6.45, 7) is 0. The highest BCUT2D eigenvalue weighted by atomic mass is 32.2. The van der Waals surface area contributed by atoms with E-state index >= 15 is 0 Å². The second kappa shape index (κ2) is 8.85. The number of rotatable bonds is 6. The Morgan fingerprint density at radius 2 is 1.13 bits per heavy atom. The van der Waals surface area contributed by atoms with Gasteiger partial charge in [-0.3, -0.25) is 9.52 Å². The van der Waals surface area contributed by atoms with Crippen molar-refractivity contribution < 1.29 is 13.2 Å². The number of amides is 1. The largest absolute Gasteiger partial charge is 0.322 e. The van der Waals surface area contributed by atoms with Crippen molar-refractivity contribution >= 4 is 27.3 Å². The number of benzene rings is 4. The standard InChI is InChI=1S/C25H20N2O3S/c28-25(21-13-11-20(12-14-21)19-7-3-1-4-8-19)26-22-15-17-24(18-16-22)31(29,30)27-23-9-5-2-6-10-23/h1-18,27H,(H,26,28). The van der Waals surface area contributed by atoms with Crippen molar-refractivity contribution in [3.8, 4) is 11.1 Å². The Hall–Kier alpha value is -3.90. The molecule has 0 saturated heterocycles. The lowest BCUT2D eigenvalue weighted by molar-refractivity contribution is 0.102. The van der Waals surface area contributed by atoms with Crippen molar-refractivity contribution in [3.63, 3.8) is 0 Å². The Morgan fingerprint density at radius 3 is 1.74 bits per heavy atom. The molecular formula is C25H20N2O3S. The molecule has 0 fully saturated rings. The van der Waals surface area contributed by atoms with Crippen LogP contribution < -0.4 is 10.0 Å². The third-order valence-electron chi connectivity index (χ3n) is 4.70. The number of hydrogen-bond donors (Lipinski definition) is 2. The number of para-hydroxylation sites is 1. The molecule has 4 aromatic rings. The smallest absolute Gasteiger partial charge is 0.261 e. The van der Waals surface area contributed by atoms with Crippen LogP contribution in [0.3, 0.4) is 0 Å². The molecular weight excluding hydrogens is 408 g/mol. The summed E-state index contributed by atoms with van der Waals surface area (Å²) in [4.78, 5) is 12.7. The lowest BCUT2D eigenvalue weighted by Crippen LogP contribution is -2.14. The first-order valence-corrected chi connectivity index (χ1v) is 11.1. The number of sulfonamides is 1. The van der Waals surface area contributed by atoms with Gasteiger partial charge in [-0.15, -0.1) is 0 Å². The van der Waals surface area contributed by atoms with Crippen LogP contribution in [0.15, 0.2) is 114 Å². The first kappa shape index (κ1) is 20.4. The van der Waals surface area contributed by atoms with E-state index < -0.39 is 10.0 Å². The number of carbonyl (C=O) groups excluding carboxylic acids is 1. The quantitative estimate of drug-likeness (QED) is 0.431. The molecule has 0 radical (unpaired) electrons. The zero-order chi connectivity index (χ0) is 21.7. The van der Waals surface area contributed by atoms with Crippen LogP contribution >= 0.6 is 0 Å². The summed E-state index contributed by atoms with van der Waals surface area (Å²) in [6.07, 6.45) is 0. The van der Waals surface area contributed by atoms with Crippen molar-refractivity contribution in [1.29, 1.82) is 0 Å². The van der Waals surface area contributed by atoms with Crippen LogP contribution in [-0.2, 0) is 10.0 Å². The molecule has 0 aliphatic heterocycles. The molecule has 1 amide bonds. The van der Waals surface area contributed by atoms with Gasteiger partial charge >= 0.3 is 0 Å². The average Bonchev–Trinajstić information content (AvgIpc) is 2.80. The number of nitrogens with one attached hydrogen (secondary N) is 2. The Labute approximate surface area is 181 Å². The molecule has 0 saturated carbocycles. The Balaban J connectivity index is 1.43. The maximum Gasteiger partial charge on any atom is 0.261 e. The van der Waals surface area contributed by atoms with Gasteiger partial charge < -0.3 is 5.32 Å². The van der Waals surface area contributed by atoms with Crippen LogP contribution in [0.25, 0.3) is 11.1 Å². The van der Waals surface area contributed by atoms with Gasteiger partial charge in [0, 0.05) is 16.9 Å². The predicted molar refractivity (Wildman–Crippen MR) is 124 cm³/mol. The Bertz CT molecular complexity index is 1270. The molecule has 0 bridgehead atoms. The molecule has 0 heterocycles. The highest BCUT2D eigenvalue weighted by molar-refractivity contribution is 7.92. The molecule has 0 unspecified atom stereocenters. The van der Waals surface area contributed by atoms with Crippen molar-refractivity contribution in [2.45, 2.75) is 4.90 Å². The number of anilines is 2. The van der Waals surface area contributed by atoms with Crippen molar-refractivity contribution in [3.05, 3.63) is 115 Å². The summed E-state index contributed by atoms with van der Waals surface area (Å²) < 4.78 is 27.5. The molecule has 6 heteroatoms. The van der Waals surface area contributed by atoms with Gasteiger partial charge in [0.05, 0.1) is 4.90 Å². The fourth-order valence-electron chi connectivity index (χ4n) is 3.09. The minimum atomic E-state index is -3.70. The molecule has 0 spiro atoms. The van der Waals surface area contributed by atoms with Crippen molar-refractivity contribution in [1.82, 2.24) is 0 Å². The normalized spacial score (nSPS) is 11.0. The third-order valence-corrected chi connectivity index (χ3v) is 6.10. The van der Waals surface area contributed by atoms with Crippen molar-refractivity contribution in [2.75, 3.05) is 10.0 Å². The molecule has 154 valence electrons. The summed E-state index contributed by atoms with van der Waals surface area (Å²) in [7, 11) is -3.70. The van der Waals surface area contributed by atoms with E-state index in [1.165, 1.54) is 12.1 Å². The molecule has 0 aromatic heterocycles. The van der Waals surface area contributed by atoms with E-state index in [4.69, 9.17) is 0 Å². The molecule has 0 aliphatic carbocycles. The van der Waals surface area contributed by atoms with E-state index in [1.54, 1.807) is 48.5 Å². The molecule has 0 aliphatic rings. The summed E-state index contributed by atoms with van der Waals surface area (Å²) in [5, 5.41) is 2.79. The van der Waals surface area contributed by atoms with E-state index in [1.807, 2.05) is 48.5 Å². The predicted octanol–water partition coefficient (Wildman–Crippen LogP) is 5.41. The molecule has 4 aromatic carbocycles. The van der Waals surface area contributed by atoms with E-state index in [0.717, 1.165) is 11.1 Å². The van der Waals surface area contributed by atoms with E-state index in [-0.39, 0.29) is 10.8 Å². The fourth-order valence-corrected chi connectivity index (χ4v) is 4.14. The summed E-state index contributed by atoms with van der Waals surface area (Å²) in [5.74, 6) is -0.266. The van der Waals surface area contributed by atoms with Gasteiger partial charge in [-0.05, 0) is 59.7 Å². The van der Waals surface area contributed by atoms with Gasteiger partial charge in [0.15, 0.2) is 0 Å². The monoisotopic (exact) mass is 428 g/mol. The second-order valence-corrected chi connectivity index (χ2v) is 8.58. The zero-order valence-corrected chi connectivity index (χ0v) is 17.3. The lowest BCUT2D eigenvalue weighted by Gasteiger charge is -2.10. The summed E-state index contributed by atoms with van der Waals surface area (Å²) >= 11 is 0. The van der Waals surface area contributed by atoms with E-state index in [0.29, 0.717) is 16.9 Å². The van der Waals surface area contributed by atoms with Crippen LogP contribution in [0.1, 0.15) is 10.4 Å². The minimum absolute atomic E-state index is 0.113. The summed E-state index contributed by atoms with van der Waals surface area (Å²) in [6, 6.07) is 32.0. The molecule has 5 nitrogen and oxygen atoms in total. The Kier molecular flexibility index (Phi) is 5.82. The lowest BCUT2D eigenvalue weighted by atomic mass is 10.0. The third kappa shape index (κ3) is 4.99. The van der Waals surface area contributed by atoms with Crippen LogP contribution in [0.4, 0.5) is 11.4 Å². The summed E-state index contributed by atoms with van der Waals surface area (Å²) in [5.41, 5.74) is 3.62. The second-order valence-electron chi connectivity index (χ2n) is 6.89. The number of carbonyl (C=O) groups is 1. The fraction of sp³-hybridized carbons (Fsp3) is 0.